The number of halogens is 4. The normalized spacial score (nSPS) is 14.5. The van der Waals surface area contributed by atoms with Crippen molar-refractivity contribution in [3.63, 3.8) is 0 Å². The third-order valence-electron chi connectivity index (χ3n) is 7.54. The van der Waals surface area contributed by atoms with Crippen LogP contribution >= 0.6 is 11.6 Å². The minimum absolute atomic E-state index is 0.0709. The van der Waals surface area contributed by atoms with Gasteiger partial charge in [0.15, 0.2) is 12.4 Å². The Kier molecular flexibility index (Phi) is 11.8. The molecule has 0 bridgehead atoms. The van der Waals surface area contributed by atoms with Gasteiger partial charge in [-0.3, -0.25) is 19.1 Å². The molecule has 1 atom stereocenters. The van der Waals surface area contributed by atoms with Crippen LogP contribution in [0.1, 0.15) is 79.2 Å². The Morgan fingerprint density at radius 2 is 1.62 bits per heavy atom. The fourth-order valence-corrected chi connectivity index (χ4v) is 5.59. The summed E-state index contributed by atoms with van der Waals surface area (Å²) in [6.45, 7) is -0.0973. The van der Waals surface area contributed by atoms with Crippen molar-refractivity contribution in [2.75, 3.05) is 18.2 Å². The number of rotatable bonds is 17. The number of carbonyl (C=O) groups is 3. The van der Waals surface area contributed by atoms with Gasteiger partial charge < -0.3 is 10.1 Å². The topological polar surface area (TPSA) is 157 Å². The highest BCUT2D eigenvalue weighted by atomic mass is 35.5. The number of unbranched alkanes of at least 4 members (excludes halogenated alkanes) is 1. The number of hydrogen-bond donors (Lipinski definition) is 2. The van der Waals surface area contributed by atoms with Crippen LogP contribution in [0.4, 0.5) is 19.1 Å². The fourth-order valence-electron chi connectivity index (χ4n) is 4.90. The number of ketones is 2. The maximum atomic E-state index is 12.9. The maximum absolute atomic E-state index is 12.9. The molecule has 0 spiro atoms. The third-order valence-corrected chi connectivity index (χ3v) is 8.36. The zero-order valence-electron chi connectivity index (χ0n) is 26.3. The first kappa shape index (κ1) is 36.7. The Balaban J connectivity index is 1.33. The summed E-state index contributed by atoms with van der Waals surface area (Å²) in [4.78, 5) is 49.4. The molecule has 0 unspecified atom stereocenters. The van der Waals surface area contributed by atoms with Crippen molar-refractivity contribution in [2.45, 2.75) is 70.0 Å². The molecule has 3 aromatic rings. The molecule has 11 nitrogen and oxygen atoms in total. The van der Waals surface area contributed by atoms with E-state index in [1.54, 1.807) is 36.4 Å². The molecular formula is C32H35ClF3N5O6S. The maximum Gasteiger partial charge on any atom is 0.422 e. The molecular weight excluding hydrogens is 675 g/mol. The highest BCUT2D eigenvalue weighted by Gasteiger charge is 2.45. The number of alkyl halides is 3. The van der Waals surface area contributed by atoms with E-state index in [0.29, 0.717) is 29.0 Å². The first-order valence-electron chi connectivity index (χ1n) is 15.1. The van der Waals surface area contributed by atoms with Gasteiger partial charge in [-0.1, -0.05) is 54.9 Å². The van der Waals surface area contributed by atoms with Crippen molar-refractivity contribution in [3.05, 3.63) is 76.1 Å². The van der Waals surface area contributed by atoms with Crippen molar-refractivity contribution in [2.24, 2.45) is 5.92 Å². The summed E-state index contributed by atoms with van der Waals surface area (Å²) in [7, 11) is -3.71. The second kappa shape index (κ2) is 15.4. The number of nitrogens with one attached hydrogen (secondary N) is 2. The molecule has 1 aliphatic rings. The number of benzene rings is 2. The lowest BCUT2D eigenvalue weighted by atomic mass is 9.98. The molecule has 48 heavy (non-hydrogen) atoms. The average Bonchev–Trinajstić information content (AvgIpc) is 3.78. The quantitative estimate of drug-likeness (QED) is 0.134. The molecule has 1 saturated carbocycles. The van der Waals surface area contributed by atoms with Crippen LogP contribution in [0, 0.1) is 5.92 Å². The van der Waals surface area contributed by atoms with E-state index in [-0.39, 0.29) is 49.0 Å². The molecule has 1 fully saturated rings. The molecule has 0 saturated heterocycles. The highest BCUT2D eigenvalue weighted by molar-refractivity contribution is 7.89. The molecule has 4 rings (SSSR count). The minimum Gasteiger partial charge on any atom is -0.454 e. The molecule has 1 heterocycles. The number of nitrogens with zero attached hydrogens (tertiary/aromatic N) is 3. The minimum atomic E-state index is -4.59. The number of anilines is 1. The Bertz CT molecular complexity index is 1730. The second-order valence-electron chi connectivity index (χ2n) is 11.9. The van der Waals surface area contributed by atoms with Crippen molar-refractivity contribution in [1.82, 2.24) is 19.7 Å². The predicted octanol–water partition coefficient (Wildman–Crippen LogP) is 5.57. The van der Waals surface area contributed by atoms with Crippen LogP contribution < -0.4 is 14.8 Å². The fraction of sp³-hybridized carbons (Fsp3) is 0.438. The number of amides is 1. The van der Waals surface area contributed by atoms with Crippen LogP contribution in [0.15, 0.2) is 48.5 Å². The summed E-state index contributed by atoms with van der Waals surface area (Å²) >= 11 is 6.02. The van der Waals surface area contributed by atoms with Crippen LogP contribution in [0.5, 0.6) is 6.01 Å². The molecule has 16 heteroatoms. The van der Waals surface area contributed by atoms with Crippen LogP contribution in [0.25, 0.3) is 0 Å². The monoisotopic (exact) mass is 709 g/mol. The number of sulfonamides is 1. The Morgan fingerprint density at radius 1 is 0.979 bits per heavy atom. The molecule has 1 aliphatic carbocycles. The average molecular weight is 710 g/mol. The predicted molar refractivity (Wildman–Crippen MR) is 171 cm³/mol. The molecule has 0 radical (unpaired) electrons. The molecule has 0 aliphatic heterocycles. The van der Waals surface area contributed by atoms with E-state index in [1.165, 1.54) is 6.92 Å². The summed E-state index contributed by atoms with van der Waals surface area (Å²) < 4.78 is 67.7. The van der Waals surface area contributed by atoms with Gasteiger partial charge in [0.2, 0.25) is 21.9 Å². The van der Waals surface area contributed by atoms with Gasteiger partial charge in [0.05, 0.1) is 11.8 Å². The molecule has 1 amide bonds. The van der Waals surface area contributed by atoms with Gasteiger partial charge in [-0.25, -0.2) is 8.42 Å². The van der Waals surface area contributed by atoms with Crippen LogP contribution in [0.2, 0.25) is 5.02 Å². The van der Waals surface area contributed by atoms with Crippen LogP contribution in [0.3, 0.4) is 0 Å². The largest absolute Gasteiger partial charge is 0.454 e. The zero-order valence-corrected chi connectivity index (χ0v) is 27.8. The van der Waals surface area contributed by atoms with Crippen molar-refractivity contribution >= 4 is 45.0 Å². The highest BCUT2D eigenvalue weighted by Crippen LogP contribution is 2.48. The van der Waals surface area contributed by atoms with E-state index in [2.05, 4.69) is 20.3 Å². The Labute approximate surface area is 281 Å². The smallest absolute Gasteiger partial charge is 0.422 e. The second-order valence-corrected chi connectivity index (χ2v) is 14.0. The molecule has 2 N–H and O–H groups in total. The van der Waals surface area contributed by atoms with Crippen molar-refractivity contribution in [3.8, 4) is 6.01 Å². The number of ether oxygens (including phenoxy) is 1. The van der Waals surface area contributed by atoms with Gasteiger partial charge in [-0.15, -0.1) is 0 Å². The lowest BCUT2D eigenvalue weighted by Gasteiger charge is -2.19. The van der Waals surface area contributed by atoms with E-state index < -0.39 is 46.2 Å². The summed E-state index contributed by atoms with van der Waals surface area (Å²) in [6.07, 6.45) is -0.980. The summed E-state index contributed by atoms with van der Waals surface area (Å²) in [5.74, 6) is -1.64. The van der Waals surface area contributed by atoms with E-state index >= 15 is 0 Å². The van der Waals surface area contributed by atoms with Gasteiger partial charge >= 0.3 is 12.2 Å². The molecule has 2 aromatic carbocycles. The lowest BCUT2D eigenvalue weighted by molar-refractivity contribution is -0.154. The van der Waals surface area contributed by atoms with E-state index in [0.717, 1.165) is 24.7 Å². The number of carbonyl (C=O) groups excluding carboxylic acids is 3. The van der Waals surface area contributed by atoms with E-state index in [4.69, 9.17) is 16.3 Å². The van der Waals surface area contributed by atoms with Gasteiger partial charge in [0.1, 0.15) is 11.6 Å². The first-order chi connectivity index (χ1) is 22.5. The van der Waals surface area contributed by atoms with Crippen molar-refractivity contribution in [1.29, 1.82) is 0 Å². The summed E-state index contributed by atoms with van der Waals surface area (Å²) in [5, 5.41) is 3.81. The third kappa shape index (κ3) is 11.5. The summed E-state index contributed by atoms with van der Waals surface area (Å²) in [5.41, 5.74) is 1.59. The zero-order chi connectivity index (χ0) is 35.1. The van der Waals surface area contributed by atoms with Crippen molar-refractivity contribution < 1.29 is 40.7 Å². The Hall–Kier alpha value is -4.11. The number of aromatic nitrogens is 3. The van der Waals surface area contributed by atoms with E-state index in [9.17, 15) is 36.0 Å². The lowest BCUT2D eigenvalue weighted by Crippen LogP contribution is -2.34. The van der Waals surface area contributed by atoms with E-state index in [1.807, 2.05) is 16.9 Å². The van der Waals surface area contributed by atoms with Gasteiger partial charge in [-0.2, -0.15) is 28.1 Å². The van der Waals surface area contributed by atoms with Gasteiger partial charge in [0.25, 0.3) is 0 Å². The van der Waals surface area contributed by atoms with Crippen LogP contribution in [-0.4, -0.2) is 59.9 Å². The Morgan fingerprint density at radius 3 is 2.23 bits per heavy atom. The first-order valence-corrected chi connectivity index (χ1v) is 17.4. The standard InChI is InChI=1S/C32H35ClF3N5O6S/c1-20(28(44)41-48(2,45)46)17-25(42)5-3-4-6-26(43)22-9-7-21(8-10-22)18-27-37-29(39-30(38-27)47-19-32(34,35)36)40-31(15-16-31)23-11-13-24(33)14-12-23/h7-14,20H,3-6,15-19H2,1-2H3,(H,41,44)(H,37,38,39,40)/t20-/m1/s1. The SMILES string of the molecule is C[C@H](CC(=O)CCCCC(=O)c1ccc(Cc2nc(NC3(c4ccc(Cl)cc4)CC3)nc(OCC(F)(F)F)n2)cc1)C(=O)NS(C)(=O)=O. The van der Waals surface area contributed by atoms with Gasteiger partial charge in [-0.05, 0) is 48.9 Å². The molecule has 1 aromatic heterocycles. The van der Waals surface area contributed by atoms with Crippen LogP contribution in [-0.2, 0) is 31.6 Å². The van der Waals surface area contributed by atoms with Gasteiger partial charge in [0, 0.05) is 42.2 Å². The number of hydrogen-bond acceptors (Lipinski definition) is 10. The summed E-state index contributed by atoms with van der Waals surface area (Å²) in [6, 6.07) is 13.4. The molecule has 258 valence electrons. The number of Topliss-reactive ketones (excluding diaryl/α,β-unsaturated/α-hetero) is 2.